The van der Waals surface area contributed by atoms with Gasteiger partial charge in [-0.05, 0) is 64.0 Å². The van der Waals surface area contributed by atoms with Crippen molar-refractivity contribution in [2.45, 2.75) is 45.3 Å². The average Bonchev–Trinajstić information content (AvgIpc) is 3.05. The summed E-state index contributed by atoms with van der Waals surface area (Å²) in [7, 11) is 0. The molecular weight excluding hydrogens is 330 g/mol. The second-order valence-corrected chi connectivity index (χ2v) is 7.27. The van der Waals surface area contributed by atoms with Crippen LogP contribution in [0.4, 0.5) is 8.78 Å². The van der Waals surface area contributed by atoms with Gasteiger partial charge in [0.25, 0.3) is 0 Å². The Morgan fingerprint density at radius 1 is 1.17 bits per heavy atom. The summed E-state index contributed by atoms with van der Waals surface area (Å²) in [6.07, 6.45) is 2.29. The number of rotatable bonds is 5. The standard InChI is InChI=1S/C18H22F2N2OS/c1-12(2)22-9-7-14(8-10-22)17-21-16(11-24-17)13-3-5-15(6-4-13)23-18(19)20/h3-6,11-12,14,18H,7-10H2,1-2H3. The van der Waals surface area contributed by atoms with Crippen LogP contribution in [0, 0.1) is 0 Å². The molecule has 0 aliphatic carbocycles. The third-order valence-electron chi connectivity index (χ3n) is 4.51. The molecule has 6 heteroatoms. The van der Waals surface area contributed by atoms with Gasteiger partial charge in [0.15, 0.2) is 0 Å². The lowest BCUT2D eigenvalue weighted by Crippen LogP contribution is -2.37. The van der Waals surface area contributed by atoms with Crippen molar-refractivity contribution < 1.29 is 13.5 Å². The molecular formula is C18H22F2N2OS. The zero-order valence-corrected chi connectivity index (χ0v) is 14.7. The van der Waals surface area contributed by atoms with E-state index in [-0.39, 0.29) is 5.75 Å². The summed E-state index contributed by atoms with van der Waals surface area (Å²) in [4.78, 5) is 7.28. The summed E-state index contributed by atoms with van der Waals surface area (Å²) >= 11 is 1.69. The van der Waals surface area contributed by atoms with E-state index in [1.54, 1.807) is 35.6 Å². The van der Waals surface area contributed by atoms with Gasteiger partial charge < -0.3 is 9.64 Å². The van der Waals surface area contributed by atoms with E-state index >= 15 is 0 Å². The molecule has 1 aliphatic rings. The number of alkyl halides is 2. The maximum absolute atomic E-state index is 12.2. The Bertz CT molecular complexity index is 649. The van der Waals surface area contributed by atoms with Gasteiger partial charge in [-0.1, -0.05) is 0 Å². The zero-order valence-electron chi connectivity index (χ0n) is 13.9. The van der Waals surface area contributed by atoms with Crippen LogP contribution in [-0.2, 0) is 0 Å². The van der Waals surface area contributed by atoms with Crippen LogP contribution >= 0.6 is 11.3 Å². The molecule has 1 aliphatic heterocycles. The normalized spacial score (nSPS) is 16.9. The fourth-order valence-corrected chi connectivity index (χ4v) is 4.08. The quantitative estimate of drug-likeness (QED) is 0.757. The molecule has 0 N–H and O–H groups in total. The minimum atomic E-state index is -2.79. The molecule has 0 spiro atoms. The first-order chi connectivity index (χ1) is 11.5. The van der Waals surface area contributed by atoms with Crippen LogP contribution in [0.1, 0.15) is 37.6 Å². The van der Waals surface area contributed by atoms with E-state index in [1.807, 2.05) is 5.38 Å². The molecule has 1 saturated heterocycles. The predicted octanol–water partition coefficient (Wildman–Crippen LogP) is 5.00. The SMILES string of the molecule is CC(C)N1CCC(c2nc(-c3ccc(OC(F)F)cc3)cs2)CC1. The Hall–Kier alpha value is -1.53. The fourth-order valence-electron chi connectivity index (χ4n) is 3.08. The number of aromatic nitrogens is 1. The first kappa shape index (κ1) is 17.3. The molecule has 130 valence electrons. The number of nitrogens with zero attached hydrogens (tertiary/aromatic N) is 2. The highest BCUT2D eigenvalue weighted by atomic mass is 32.1. The summed E-state index contributed by atoms with van der Waals surface area (Å²) in [6, 6.07) is 7.27. The van der Waals surface area contributed by atoms with E-state index in [1.165, 1.54) is 5.01 Å². The average molecular weight is 352 g/mol. The van der Waals surface area contributed by atoms with Crippen LogP contribution in [0.5, 0.6) is 5.75 Å². The number of ether oxygens (including phenoxy) is 1. The molecule has 0 saturated carbocycles. The number of thiazole rings is 1. The van der Waals surface area contributed by atoms with Crippen molar-refractivity contribution in [3.8, 4) is 17.0 Å². The number of likely N-dealkylation sites (tertiary alicyclic amines) is 1. The van der Waals surface area contributed by atoms with Gasteiger partial charge >= 0.3 is 6.61 Å². The van der Waals surface area contributed by atoms with Crippen LogP contribution in [0.25, 0.3) is 11.3 Å². The number of halogens is 2. The lowest BCUT2D eigenvalue weighted by molar-refractivity contribution is -0.0498. The molecule has 24 heavy (non-hydrogen) atoms. The van der Waals surface area contributed by atoms with E-state index in [4.69, 9.17) is 4.98 Å². The molecule has 3 nitrogen and oxygen atoms in total. The Morgan fingerprint density at radius 2 is 1.83 bits per heavy atom. The van der Waals surface area contributed by atoms with E-state index in [0.717, 1.165) is 37.2 Å². The van der Waals surface area contributed by atoms with Gasteiger partial charge in [-0.2, -0.15) is 8.78 Å². The lowest BCUT2D eigenvalue weighted by Gasteiger charge is -2.33. The Labute approximate surface area is 145 Å². The number of hydrogen-bond donors (Lipinski definition) is 0. The van der Waals surface area contributed by atoms with Gasteiger partial charge in [-0.15, -0.1) is 11.3 Å². The Kier molecular flexibility index (Phi) is 5.46. The highest BCUT2D eigenvalue weighted by molar-refractivity contribution is 7.10. The van der Waals surface area contributed by atoms with Crippen molar-refractivity contribution >= 4 is 11.3 Å². The molecule has 2 aromatic rings. The van der Waals surface area contributed by atoms with Gasteiger partial charge in [-0.25, -0.2) is 4.98 Å². The van der Waals surface area contributed by atoms with E-state index < -0.39 is 6.61 Å². The van der Waals surface area contributed by atoms with Crippen LogP contribution in [0.15, 0.2) is 29.6 Å². The number of piperidine rings is 1. The Morgan fingerprint density at radius 3 is 2.42 bits per heavy atom. The zero-order chi connectivity index (χ0) is 17.1. The first-order valence-corrected chi connectivity index (χ1v) is 9.15. The highest BCUT2D eigenvalue weighted by Crippen LogP contribution is 2.33. The Balaban J connectivity index is 1.65. The molecule has 3 rings (SSSR count). The predicted molar refractivity (Wildman–Crippen MR) is 92.9 cm³/mol. The van der Waals surface area contributed by atoms with Crippen LogP contribution in [-0.4, -0.2) is 35.6 Å². The highest BCUT2D eigenvalue weighted by Gasteiger charge is 2.24. The molecule has 0 radical (unpaired) electrons. The van der Waals surface area contributed by atoms with Gasteiger partial charge in [0.05, 0.1) is 10.7 Å². The molecule has 1 aromatic carbocycles. The number of hydrogen-bond acceptors (Lipinski definition) is 4. The van der Waals surface area contributed by atoms with Crippen molar-refractivity contribution in [3.63, 3.8) is 0 Å². The van der Waals surface area contributed by atoms with Gasteiger partial charge in [-0.3, -0.25) is 0 Å². The summed E-state index contributed by atoms with van der Waals surface area (Å²) < 4.78 is 28.8. The third kappa shape index (κ3) is 4.11. The second kappa shape index (κ2) is 7.57. The van der Waals surface area contributed by atoms with Crippen LogP contribution < -0.4 is 4.74 Å². The van der Waals surface area contributed by atoms with Crippen molar-refractivity contribution in [2.75, 3.05) is 13.1 Å². The summed E-state index contributed by atoms with van der Waals surface area (Å²) in [5, 5.41) is 3.23. The molecule has 1 fully saturated rings. The molecule has 0 atom stereocenters. The molecule has 2 heterocycles. The number of benzene rings is 1. The van der Waals surface area contributed by atoms with Gasteiger partial charge in [0.2, 0.25) is 0 Å². The summed E-state index contributed by atoms with van der Waals surface area (Å²) in [5.74, 6) is 0.699. The van der Waals surface area contributed by atoms with E-state index in [0.29, 0.717) is 12.0 Å². The van der Waals surface area contributed by atoms with Crippen molar-refractivity contribution in [1.29, 1.82) is 0 Å². The van der Waals surface area contributed by atoms with E-state index in [9.17, 15) is 8.78 Å². The molecule has 0 amide bonds. The topological polar surface area (TPSA) is 25.4 Å². The minimum absolute atomic E-state index is 0.172. The molecule has 0 bridgehead atoms. The van der Waals surface area contributed by atoms with E-state index in [2.05, 4.69) is 23.5 Å². The maximum atomic E-state index is 12.2. The smallest absolute Gasteiger partial charge is 0.387 e. The summed E-state index contributed by atoms with van der Waals surface area (Å²) in [6.45, 7) is 3.93. The minimum Gasteiger partial charge on any atom is -0.435 e. The maximum Gasteiger partial charge on any atom is 0.387 e. The largest absolute Gasteiger partial charge is 0.435 e. The van der Waals surface area contributed by atoms with Crippen molar-refractivity contribution in [1.82, 2.24) is 9.88 Å². The van der Waals surface area contributed by atoms with Crippen LogP contribution in [0.3, 0.4) is 0 Å². The van der Waals surface area contributed by atoms with Crippen LogP contribution in [0.2, 0.25) is 0 Å². The van der Waals surface area contributed by atoms with Crippen molar-refractivity contribution in [3.05, 3.63) is 34.7 Å². The lowest BCUT2D eigenvalue weighted by atomic mass is 9.96. The monoisotopic (exact) mass is 352 g/mol. The van der Waals surface area contributed by atoms with Gasteiger partial charge in [0.1, 0.15) is 5.75 Å². The van der Waals surface area contributed by atoms with Gasteiger partial charge in [0, 0.05) is 22.9 Å². The molecule has 0 unspecified atom stereocenters. The third-order valence-corrected chi connectivity index (χ3v) is 5.51. The summed E-state index contributed by atoms with van der Waals surface area (Å²) in [5.41, 5.74) is 1.84. The molecule has 1 aromatic heterocycles. The first-order valence-electron chi connectivity index (χ1n) is 8.27. The fraction of sp³-hybridized carbons (Fsp3) is 0.500. The second-order valence-electron chi connectivity index (χ2n) is 6.38. The van der Waals surface area contributed by atoms with Crippen molar-refractivity contribution in [2.24, 2.45) is 0 Å².